The number of amides is 1. The van der Waals surface area contributed by atoms with E-state index in [1.54, 1.807) is 0 Å². The number of rotatable bonds is 5. The summed E-state index contributed by atoms with van der Waals surface area (Å²) in [5.41, 5.74) is -1.04. The second-order valence-electron chi connectivity index (χ2n) is 6.57. The van der Waals surface area contributed by atoms with Crippen LogP contribution in [0.4, 0.5) is 0 Å². The standard InChI is InChI=1S/C15H27NO3/c1-10(2)13-7-6-12(5)8-15(13,14(18)19)16(9-17)11(3)4/h9-13H,6-8H2,1-5H3,(H,18,19). The van der Waals surface area contributed by atoms with Gasteiger partial charge in [-0.1, -0.05) is 27.2 Å². The summed E-state index contributed by atoms with van der Waals surface area (Å²) >= 11 is 0. The molecule has 1 aliphatic carbocycles. The third-order valence-corrected chi connectivity index (χ3v) is 4.55. The van der Waals surface area contributed by atoms with E-state index < -0.39 is 11.5 Å². The van der Waals surface area contributed by atoms with Crippen LogP contribution in [0.5, 0.6) is 0 Å². The van der Waals surface area contributed by atoms with Crippen molar-refractivity contribution in [1.29, 1.82) is 0 Å². The van der Waals surface area contributed by atoms with E-state index in [4.69, 9.17) is 0 Å². The molecule has 19 heavy (non-hydrogen) atoms. The van der Waals surface area contributed by atoms with Gasteiger partial charge in [0.05, 0.1) is 0 Å². The highest BCUT2D eigenvalue weighted by Gasteiger charge is 2.54. The van der Waals surface area contributed by atoms with Gasteiger partial charge in [0.1, 0.15) is 5.54 Å². The fraction of sp³-hybridized carbons (Fsp3) is 0.867. The fourth-order valence-electron chi connectivity index (χ4n) is 3.70. The van der Waals surface area contributed by atoms with Gasteiger partial charge in [0.2, 0.25) is 6.41 Å². The largest absolute Gasteiger partial charge is 0.479 e. The van der Waals surface area contributed by atoms with Crippen LogP contribution in [0.15, 0.2) is 0 Å². The zero-order valence-electron chi connectivity index (χ0n) is 12.7. The quantitative estimate of drug-likeness (QED) is 0.781. The van der Waals surface area contributed by atoms with Crippen molar-refractivity contribution in [3.63, 3.8) is 0 Å². The summed E-state index contributed by atoms with van der Waals surface area (Å²) in [7, 11) is 0. The maximum Gasteiger partial charge on any atom is 0.329 e. The number of carboxylic acids is 1. The van der Waals surface area contributed by atoms with Crippen molar-refractivity contribution in [1.82, 2.24) is 4.90 Å². The van der Waals surface area contributed by atoms with Crippen molar-refractivity contribution in [2.24, 2.45) is 17.8 Å². The van der Waals surface area contributed by atoms with Gasteiger partial charge in [0.15, 0.2) is 0 Å². The van der Waals surface area contributed by atoms with Crippen LogP contribution < -0.4 is 0 Å². The number of hydrogen-bond donors (Lipinski definition) is 1. The second kappa shape index (κ2) is 5.93. The summed E-state index contributed by atoms with van der Waals surface area (Å²) in [6.07, 6.45) is 3.21. The molecule has 1 aliphatic rings. The summed E-state index contributed by atoms with van der Waals surface area (Å²) in [5.74, 6) is -0.232. The molecular formula is C15H27NO3. The molecule has 0 heterocycles. The molecule has 0 aromatic carbocycles. The molecule has 1 fully saturated rings. The van der Waals surface area contributed by atoms with E-state index in [9.17, 15) is 14.7 Å². The first-order valence-electron chi connectivity index (χ1n) is 7.24. The molecule has 0 bridgehead atoms. The zero-order valence-corrected chi connectivity index (χ0v) is 12.7. The Morgan fingerprint density at radius 1 is 1.32 bits per heavy atom. The fourth-order valence-corrected chi connectivity index (χ4v) is 3.70. The average Bonchev–Trinajstić information content (AvgIpc) is 2.28. The van der Waals surface area contributed by atoms with Crippen LogP contribution >= 0.6 is 0 Å². The van der Waals surface area contributed by atoms with Crippen LogP contribution in [0.3, 0.4) is 0 Å². The first kappa shape index (κ1) is 16.0. The maximum absolute atomic E-state index is 12.0. The van der Waals surface area contributed by atoms with E-state index in [0.29, 0.717) is 12.3 Å². The van der Waals surface area contributed by atoms with Crippen LogP contribution in [0.25, 0.3) is 0 Å². The van der Waals surface area contributed by atoms with Gasteiger partial charge in [-0.25, -0.2) is 4.79 Å². The highest BCUT2D eigenvalue weighted by atomic mass is 16.4. The first-order chi connectivity index (χ1) is 8.77. The third-order valence-electron chi connectivity index (χ3n) is 4.55. The van der Waals surface area contributed by atoms with E-state index >= 15 is 0 Å². The number of hydrogen-bond acceptors (Lipinski definition) is 2. The summed E-state index contributed by atoms with van der Waals surface area (Å²) in [6.45, 7) is 9.96. The molecule has 0 aromatic heterocycles. The van der Waals surface area contributed by atoms with Gasteiger partial charge in [0, 0.05) is 6.04 Å². The monoisotopic (exact) mass is 269 g/mol. The molecule has 4 heteroatoms. The normalized spacial score (nSPS) is 31.5. The van der Waals surface area contributed by atoms with Crippen LogP contribution in [0.2, 0.25) is 0 Å². The molecule has 3 atom stereocenters. The Bertz CT molecular complexity index is 340. The van der Waals surface area contributed by atoms with Gasteiger partial charge < -0.3 is 10.0 Å². The van der Waals surface area contributed by atoms with E-state index in [-0.39, 0.29) is 17.9 Å². The van der Waals surface area contributed by atoms with Crippen molar-refractivity contribution in [3.05, 3.63) is 0 Å². The number of carboxylic acid groups (broad SMARTS) is 1. The molecule has 0 radical (unpaired) electrons. The summed E-state index contributed by atoms with van der Waals surface area (Å²) in [5, 5.41) is 9.88. The Morgan fingerprint density at radius 2 is 1.89 bits per heavy atom. The highest BCUT2D eigenvalue weighted by molar-refractivity contribution is 5.82. The van der Waals surface area contributed by atoms with Gasteiger partial charge in [-0.15, -0.1) is 0 Å². The topological polar surface area (TPSA) is 57.6 Å². The lowest BCUT2D eigenvalue weighted by atomic mass is 9.64. The Morgan fingerprint density at radius 3 is 2.26 bits per heavy atom. The molecule has 1 rings (SSSR count). The van der Waals surface area contributed by atoms with E-state index in [1.165, 1.54) is 4.90 Å². The van der Waals surface area contributed by atoms with Crippen molar-refractivity contribution >= 4 is 12.4 Å². The number of aliphatic carboxylic acids is 1. The molecule has 110 valence electrons. The lowest BCUT2D eigenvalue weighted by Gasteiger charge is -2.51. The molecule has 0 spiro atoms. The predicted molar refractivity (Wildman–Crippen MR) is 74.7 cm³/mol. The van der Waals surface area contributed by atoms with Crippen molar-refractivity contribution in [3.8, 4) is 0 Å². The third kappa shape index (κ3) is 2.77. The second-order valence-corrected chi connectivity index (χ2v) is 6.57. The predicted octanol–water partition coefficient (Wildman–Crippen LogP) is 2.77. The van der Waals surface area contributed by atoms with Crippen LogP contribution in [-0.4, -0.2) is 34.0 Å². The van der Waals surface area contributed by atoms with Gasteiger partial charge in [-0.05, 0) is 44.4 Å². The molecule has 1 amide bonds. The van der Waals surface area contributed by atoms with Crippen molar-refractivity contribution in [2.75, 3.05) is 0 Å². The number of carbonyl (C=O) groups is 2. The smallest absolute Gasteiger partial charge is 0.329 e. The minimum atomic E-state index is -1.04. The SMILES string of the molecule is CC1CCC(C(C)C)C(C(=O)O)(N(C=O)C(C)C)C1. The summed E-state index contributed by atoms with van der Waals surface area (Å²) < 4.78 is 0. The minimum absolute atomic E-state index is 0.0220. The van der Waals surface area contributed by atoms with Crippen LogP contribution in [0, 0.1) is 17.8 Å². The average molecular weight is 269 g/mol. The highest BCUT2D eigenvalue weighted by Crippen LogP contribution is 2.45. The Kier molecular flexibility index (Phi) is 4.99. The lowest BCUT2D eigenvalue weighted by Crippen LogP contribution is -2.64. The van der Waals surface area contributed by atoms with E-state index in [2.05, 4.69) is 20.8 Å². The van der Waals surface area contributed by atoms with Gasteiger partial charge >= 0.3 is 5.97 Å². The van der Waals surface area contributed by atoms with Gasteiger partial charge in [-0.2, -0.15) is 0 Å². The molecule has 4 nitrogen and oxygen atoms in total. The van der Waals surface area contributed by atoms with Crippen LogP contribution in [-0.2, 0) is 9.59 Å². The van der Waals surface area contributed by atoms with Gasteiger partial charge in [-0.3, -0.25) is 4.79 Å². The maximum atomic E-state index is 12.0. The molecule has 1 N–H and O–H groups in total. The molecule has 0 aliphatic heterocycles. The molecular weight excluding hydrogens is 242 g/mol. The van der Waals surface area contributed by atoms with E-state index in [1.807, 2.05) is 13.8 Å². The molecule has 0 saturated heterocycles. The number of nitrogens with zero attached hydrogens (tertiary/aromatic N) is 1. The van der Waals surface area contributed by atoms with Crippen molar-refractivity contribution < 1.29 is 14.7 Å². The number of carbonyl (C=O) groups excluding carboxylic acids is 1. The zero-order chi connectivity index (χ0) is 14.8. The van der Waals surface area contributed by atoms with E-state index in [0.717, 1.165) is 19.3 Å². The minimum Gasteiger partial charge on any atom is -0.479 e. The summed E-state index contributed by atoms with van der Waals surface area (Å²) in [6, 6.07) is -0.0971. The Hall–Kier alpha value is -1.06. The Balaban J connectivity index is 3.32. The van der Waals surface area contributed by atoms with Gasteiger partial charge in [0.25, 0.3) is 0 Å². The van der Waals surface area contributed by atoms with Crippen molar-refractivity contribution in [2.45, 2.75) is 65.5 Å². The molecule has 1 saturated carbocycles. The first-order valence-corrected chi connectivity index (χ1v) is 7.24. The lowest BCUT2D eigenvalue weighted by molar-refractivity contribution is -0.169. The summed E-state index contributed by atoms with van der Waals surface area (Å²) in [4.78, 5) is 25.1. The Labute approximate surface area is 116 Å². The van der Waals surface area contributed by atoms with Crippen LogP contribution in [0.1, 0.15) is 53.9 Å². The molecule has 0 aromatic rings. The molecule has 3 unspecified atom stereocenters.